The topological polar surface area (TPSA) is 67.3 Å². The number of carbonyl (C=O) groups is 2. The fraction of sp³-hybridized carbons (Fsp3) is 0. The molecule has 1 aromatic heterocycles. The van der Waals surface area contributed by atoms with Gasteiger partial charge in [-0.3, -0.25) is 4.79 Å². The van der Waals surface area contributed by atoms with Crippen LogP contribution in [0.2, 0.25) is 0 Å². The van der Waals surface area contributed by atoms with Crippen molar-refractivity contribution in [2.45, 2.75) is 0 Å². The third-order valence-corrected chi connectivity index (χ3v) is 1.61. The molecule has 12 heavy (non-hydrogen) atoms. The Balaban J connectivity index is 3.23. The summed E-state index contributed by atoms with van der Waals surface area (Å²) in [6.45, 7) is 0. The monoisotopic (exact) mass is 229 g/mol. The van der Waals surface area contributed by atoms with Gasteiger partial charge in [0.05, 0.1) is 0 Å². The first-order valence-electron chi connectivity index (χ1n) is 2.99. The van der Waals surface area contributed by atoms with E-state index in [4.69, 9.17) is 5.11 Å². The lowest BCUT2D eigenvalue weighted by Gasteiger charge is -1.95. The molecule has 0 saturated carbocycles. The van der Waals surface area contributed by atoms with Gasteiger partial charge in [-0.15, -0.1) is 0 Å². The molecule has 0 radical (unpaired) electrons. The number of carbonyl (C=O) groups excluding carboxylic acids is 1. The summed E-state index contributed by atoms with van der Waals surface area (Å²) in [5.41, 5.74) is -0.0479. The molecule has 0 amide bonds. The Hall–Kier alpha value is -1.23. The van der Waals surface area contributed by atoms with Gasteiger partial charge in [0, 0.05) is 4.47 Å². The summed E-state index contributed by atoms with van der Waals surface area (Å²) in [6, 6.07) is 2.77. The van der Waals surface area contributed by atoms with Gasteiger partial charge in [0.1, 0.15) is 11.4 Å². The Morgan fingerprint density at radius 1 is 1.58 bits per heavy atom. The Bertz CT molecular complexity index is 337. The van der Waals surface area contributed by atoms with Gasteiger partial charge in [0.15, 0.2) is 6.29 Å². The predicted molar refractivity (Wildman–Crippen MR) is 44.3 cm³/mol. The van der Waals surface area contributed by atoms with Gasteiger partial charge < -0.3 is 5.11 Å². The van der Waals surface area contributed by atoms with E-state index in [1.165, 1.54) is 12.1 Å². The van der Waals surface area contributed by atoms with Crippen LogP contribution in [-0.4, -0.2) is 22.3 Å². The number of aldehydes is 1. The quantitative estimate of drug-likeness (QED) is 0.778. The molecule has 0 fully saturated rings. The summed E-state index contributed by atoms with van der Waals surface area (Å²) in [4.78, 5) is 24.2. The van der Waals surface area contributed by atoms with Gasteiger partial charge in [0.25, 0.3) is 0 Å². The molecule has 0 bridgehead atoms. The maximum Gasteiger partial charge on any atom is 0.354 e. The fourth-order valence-electron chi connectivity index (χ4n) is 0.687. The number of rotatable bonds is 2. The fourth-order valence-corrected chi connectivity index (χ4v) is 1.14. The summed E-state index contributed by atoms with van der Waals surface area (Å²) in [5.74, 6) is -1.15. The highest BCUT2D eigenvalue weighted by atomic mass is 79.9. The first kappa shape index (κ1) is 8.86. The Kier molecular flexibility index (Phi) is 2.54. The predicted octanol–water partition coefficient (Wildman–Crippen LogP) is 1.35. The van der Waals surface area contributed by atoms with E-state index in [9.17, 15) is 9.59 Å². The SMILES string of the molecule is O=Cc1cc(Br)cc(C(=O)O)n1. The van der Waals surface area contributed by atoms with Gasteiger partial charge in [0.2, 0.25) is 0 Å². The second-order valence-corrected chi connectivity index (χ2v) is 2.93. The van der Waals surface area contributed by atoms with Crippen LogP contribution in [0.25, 0.3) is 0 Å². The third-order valence-electron chi connectivity index (χ3n) is 1.15. The van der Waals surface area contributed by atoms with Crippen LogP contribution in [0.4, 0.5) is 0 Å². The molecule has 0 spiro atoms. The zero-order chi connectivity index (χ0) is 9.14. The van der Waals surface area contributed by atoms with Crippen molar-refractivity contribution in [2.24, 2.45) is 0 Å². The minimum atomic E-state index is -1.15. The molecule has 4 nitrogen and oxygen atoms in total. The van der Waals surface area contributed by atoms with E-state index < -0.39 is 5.97 Å². The number of hydrogen-bond donors (Lipinski definition) is 1. The molecule has 62 valence electrons. The maximum absolute atomic E-state index is 10.4. The van der Waals surface area contributed by atoms with Gasteiger partial charge in [-0.2, -0.15) is 0 Å². The number of carboxylic acid groups (broad SMARTS) is 1. The average Bonchev–Trinajstić information content (AvgIpc) is 2.03. The van der Waals surface area contributed by atoms with Crippen LogP contribution in [0.5, 0.6) is 0 Å². The molecule has 1 N–H and O–H groups in total. The Labute approximate surface area is 76.4 Å². The van der Waals surface area contributed by atoms with Crippen molar-refractivity contribution in [3.8, 4) is 0 Å². The molecule has 0 aromatic carbocycles. The Morgan fingerprint density at radius 2 is 2.25 bits per heavy atom. The van der Waals surface area contributed by atoms with E-state index in [0.29, 0.717) is 10.8 Å². The van der Waals surface area contributed by atoms with Crippen molar-refractivity contribution in [1.29, 1.82) is 0 Å². The maximum atomic E-state index is 10.4. The van der Waals surface area contributed by atoms with E-state index in [0.717, 1.165) is 0 Å². The molecule has 0 saturated heterocycles. The largest absolute Gasteiger partial charge is 0.477 e. The van der Waals surface area contributed by atoms with Gasteiger partial charge in [-0.25, -0.2) is 9.78 Å². The van der Waals surface area contributed by atoms with Gasteiger partial charge >= 0.3 is 5.97 Å². The number of carboxylic acids is 1. The van der Waals surface area contributed by atoms with E-state index in [1.54, 1.807) is 0 Å². The van der Waals surface area contributed by atoms with Gasteiger partial charge in [-0.1, -0.05) is 15.9 Å². The van der Waals surface area contributed by atoms with Crippen LogP contribution in [0.15, 0.2) is 16.6 Å². The van der Waals surface area contributed by atoms with E-state index in [-0.39, 0.29) is 11.4 Å². The number of aromatic nitrogens is 1. The van der Waals surface area contributed by atoms with Crippen molar-refractivity contribution in [2.75, 3.05) is 0 Å². The van der Waals surface area contributed by atoms with E-state index in [2.05, 4.69) is 20.9 Å². The molecule has 5 heteroatoms. The summed E-state index contributed by atoms with van der Waals surface area (Å²) >= 11 is 3.06. The summed E-state index contributed by atoms with van der Waals surface area (Å²) in [5, 5.41) is 8.53. The number of pyridine rings is 1. The molecular weight excluding hydrogens is 226 g/mol. The molecule has 0 aliphatic heterocycles. The van der Waals surface area contributed by atoms with Crippen molar-refractivity contribution in [3.05, 3.63) is 28.0 Å². The molecule has 0 unspecified atom stereocenters. The van der Waals surface area contributed by atoms with E-state index >= 15 is 0 Å². The van der Waals surface area contributed by atoms with Crippen LogP contribution in [0, 0.1) is 0 Å². The molecule has 1 heterocycles. The zero-order valence-corrected chi connectivity index (χ0v) is 7.41. The number of aromatic carboxylic acids is 1. The highest BCUT2D eigenvalue weighted by Crippen LogP contribution is 2.11. The van der Waals surface area contributed by atoms with Crippen LogP contribution in [0.1, 0.15) is 21.0 Å². The van der Waals surface area contributed by atoms with Gasteiger partial charge in [-0.05, 0) is 12.1 Å². The normalized spacial score (nSPS) is 9.42. The molecule has 0 aliphatic carbocycles. The number of hydrogen-bond acceptors (Lipinski definition) is 3. The van der Waals surface area contributed by atoms with Crippen molar-refractivity contribution >= 4 is 28.2 Å². The molecular formula is C7H4BrNO3. The van der Waals surface area contributed by atoms with Crippen LogP contribution < -0.4 is 0 Å². The summed E-state index contributed by atoms with van der Waals surface area (Å²) in [7, 11) is 0. The average molecular weight is 230 g/mol. The molecule has 0 aliphatic rings. The second-order valence-electron chi connectivity index (χ2n) is 2.02. The van der Waals surface area contributed by atoms with Crippen molar-refractivity contribution < 1.29 is 14.7 Å². The smallest absolute Gasteiger partial charge is 0.354 e. The molecule has 0 atom stereocenters. The van der Waals surface area contributed by atoms with Crippen LogP contribution in [-0.2, 0) is 0 Å². The third kappa shape index (κ3) is 1.88. The van der Waals surface area contributed by atoms with Crippen LogP contribution in [0.3, 0.4) is 0 Å². The summed E-state index contributed by atoms with van der Waals surface area (Å²) < 4.78 is 0.525. The van der Waals surface area contributed by atoms with Crippen molar-refractivity contribution in [3.63, 3.8) is 0 Å². The highest BCUT2D eigenvalue weighted by Gasteiger charge is 2.06. The zero-order valence-electron chi connectivity index (χ0n) is 5.82. The first-order valence-corrected chi connectivity index (χ1v) is 3.79. The molecule has 1 aromatic rings. The number of nitrogens with zero attached hydrogens (tertiary/aromatic N) is 1. The lowest BCUT2D eigenvalue weighted by atomic mass is 10.3. The minimum absolute atomic E-state index is 0.0989. The van der Waals surface area contributed by atoms with Crippen molar-refractivity contribution in [1.82, 2.24) is 4.98 Å². The lowest BCUT2D eigenvalue weighted by Crippen LogP contribution is -2.02. The second kappa shape index (κ2) is 3.44. The Morgan fingerprint density at radius 3 is 2.75 bits per heavy atom. The minimum Gasteiger partial charge on any atom is -0.477 e. The molecule has 1 rings (SSSR count). The lowest BCUT2D eigenvalue weighted by molar-refractivity contribution is 0.0690. The highest BCUT2D eigenvalue weighted by molar-refractivity contribution is 9.10. The summed E-state index contributed by atoms with van der Waals surface area (Å²) in [6.07, 6.45) is 0.497. The van der Waals surface area contributed by atoms with E-state index in [1.807, 2.05) is 0 Å². The number of halogens is 1. The first-order chi connectivity index (χ1) is 5.63. The standard InChI is InChI=1S/C7H4BrNO3/c8-4-1-5(3-10)9-6(2-4)7(11)12/h1-3H,(H,11,12). The van der Waals surface area contributed by atoms with Crippen LogP contribution >= 0.6 is 15.9 Å².